The Morgan fingerprint density at radius 1 is 1.05 bits per heavy atom. The van der Waals surface area contributed by atoms with Crippen LogP contribution in [-0.2, 0) is 6.54 Å². The number of nitrogen functional groups attached to an aromatic ring is 1. The van der Waals surface area contributed by atoms with Gasteiger partial charge in [0.25, 0.3) is 0 Å². The van der Waals surface area contributed by atoms with Gasteiger partial charge in [-0.2, -0.15) is 5.26 Å². The summed E-state index contributed by atoms with van der Waals surface area (Å²) in [6.45, 7) is 0.801. The molecule has 0 aliphatic carbocycles. The molecule has 1 heterocycles. The molecule has 92 valence electrons. The van der Waals surface area contributed by atoms with Crippen LogP contribution in [0.25, 0.3) is 10.9 Å². The lowest BCUT2D eigenvalue weighted by Crippen LogP contribution is -1.98. The summed E-state index contributed by atoms with van der Waals surface area (Å²) in [5.74, 6) is 0. The number of rotatable bonds is 2. The molecule has 2 aromatic carbocycles. The molecule has 0 radical (unpaired) electrons. The summed E-state index contributed by atoms with van der Waals surface area (Å²) < 4.78 is 2.17. The molecule has 19 heavy (non-hydrogen) atoms. The second kappa shape index (κ2) is 4.51. The zero-order valence-corrected chi connectivity index (χ0v) is 10.4. The van der Waals surface area contributed by atoms with Crippen LogP contribution in [0.1, 0.15) is 11.1 Å². The average molecular weight is 247 g/mol. The second-order valence-electron chi connectivity index (χ2n) is 4.57. The Balaban J connectivity index is 1.97. The van der Waals surface area contributed by atoms with Gasteiger partial charge in [-0.3, -0.25) is 0 Å². The molecule has 3 nitrogen and oxygen atoms in total. The van der Waals surface area contributed by atoms with E-state index in [0.29, 0.717) is 5.56 Å². The number of nitrogens with two attached hydrogens (primary N) is 1. The molecule has 3 aromatic rings. The van der Waals surface area contributed by atoms with Crippen molar-refractivity contribution in [2.45, 2.75) is 6.54 Å². The maximum Gasteiger partial charge on any atom is 0.0991 e. The van der Waals surface area contributed by atoms with Crippen LogP contribution >= 0.6 is 0 Å². The van der Waals surface area contributed by atoms with Crippen molar-refractivity contribution in [1.82, 2.24) is 4.57 Å². The summed E-state index contributed by atoms with van der Waals surface area (Å²) in [5.41, 5.74) is 9.49. The van der Waals surface area contributed by atoms with E-state index >= 15 is 0 Å². The van der Waals surface area contributed by atoms with Crippen LogP contribution in [0.2, 0.25) is 0 Å². The van der Waals surface area contributed by atoms with Crippen molar-refractivity contribution in [3.05, 3.63) is 65.9 Å². The monoisotopic (exact) mass is 247 g/mol. The maximum atomic E-state index is 8.90. The Bertz CT molecular complexity index is 761. The lowest BCUT2D eigenvalue weighted by atomic mass is 10.1. The Hall–Kier alpha value is -2.73. The largest absolute Gasteiger partial charge is 0.399 e. The molecule has 0 saturated heterocycles. The van der Waals surface area contributed by atoms with Crippen LogP contribution in [0.15, 0.2) is 54.7 Å². The Labute approximate surface area is 111 Å². The number of aromatic nitrogens is 1. The zero-order valence-electron chi connectivity index (χ0n) is 10.4. The molecular formula is C16H13N3. The molecule has 2 N–H and O–H groups in total. The van der Waals surface area contributed by atoms with Crippen molar-refractivity contribution in [2.24, 2.45) is 0 Å². The summed E-state index contributed by atoms with van der Waals surface area (Å²) in [4.78, 5) is 0. The summed E-state index contributed by atoms with van der Waals surface area (Å²) in [6.07, 6.45) is 2.04. The van der Waals surface area contributed by atoms with Crippen molar-refractivity contribution < 1.29 is 0 Å². The van der Waals surface area contributed by atoms with Crippen molar-refractivity contribution in [2.75, 3.05) is 5.73 Å². The highest BCUT2D eigenvalue weighted by Gasteiger charge is 2.03. The van der Waals surface area contributed by atoms with Gasteiger partial charge in [0, 0.05) is 29.3 Å². The van der Waals surface area contributed by atoms with Gasteiger partial charge < -0.3 is 10.3 Å². The molecule has 0 aliphatic heterocycles. The van der Waals surface area contributed by atoms with E-state index in [4.69, 9.17) is 11.0 Å². The molecule has 0 bridgehead atoms. The number of hydrogen-bond acceptors (Lipinski definition) is 2. The fourth-order valence-corrected chi connectivity index (χ4v) is 2.23. The van der Waals surface area contributed by atoms with Crippen molar-refractivity contribution in [3.63, 3.8) is 0 Å². The predicted molar refractivity (Wildman–Crippen MR) is 76.6 cm³/mol. The minimum Gasteiger partial charge on any atom is -0.399 e. The third-order valence-electron chi connectivity index (χ3n) is 3.23. The smallest absolute Gasteiger partial charge is 0.0991 e. The van der Waals surface area contributed by atoms with E-state index in [2.05, 4.69) is 10.6 Å². The topological polar surface area (TPSA) is 54.7 Å². The number of nitriles is 1. The number of fused-ring (bicyclic) bond motifs is 1. The molecule has 0 amide bonds. The van der Waals surface area contributed by atoms with E-state index in [1.165, 1.54) is 5.56 Å². The first-order valence-electron chi connectivity index (χ1n) is 6.10. The molecule has 0 unspecified atom stereocenters. The molecule has 0 aliphatic rings. The first-order valence-corrected chi connectivity index (χ1v) is 6.10. The lowest BCUT2D eigenvalue weighted by Gasteiger charge is -2.06. The highest BCUT2D eigenvalue weighted by atomic mass is 14.9. The third-order valence-corrected chi connectivity index (χ3v) is 3.23. The average Bonchev–Trinajstić information content (AvgIpc) is 2.83. The van der Waals surface area contributed by atoms with Crippen LogP contribution in [-0.4, -0.2) is 4.57 Å². The van der Waals surface area contributed by atoms with Gasteiger partial charge in [0.15, 0.2) is 0 Å². The highest BCUT2D eigenvalue weighted by Crippen LogP contribution is 2.19. The van der Waals surface area contributed by atoms with Crippen LogP contribution < -0.4 is 5.73 Å². The van der Waals surface area contributed by atoms with Gasteiger partial charge in [0.2, 0.25) is 0 Å². The molecule has 0 spiro atoms. The Morgan fingerprint density at radius 3 is 2.58 bits per heavy atom. The molecule has 3 rings (SSSR count). The van der Waals surface area contributed by atoms with E-state index in [1.54, 1.807) is 0 Å². The first kappa shape index (κ1) is 11.4. The molecule has 3 heteroatoms. The summed E-state index contributed by atoms with van der Waals surface area (Å²) in [6, 6.07) is 17.8. The minimum absolute atomic E-state index is 0.692. The highest BCUT2D eigenvalue weighted by molar-refractivity contribution is 5.81. The van der Waals surface area contributed by atoms with Crippen molar-refractivity contribution in [1.29, 1.82) is 5.26 Å². The Kier molecular flexibility index (Phi) is 2.70. The quantitative estimate of drug-likeness (QED) is 0.707. The van der Waals surface area contributed by atoms with Gasteiger partial charge in [-0.25, -0.2) is 0 Å². The molecular weight excluding hydrogens is 234 g/mol. The minimum atomic E-state index is 0.692. The van der Waals surface area contributed by atoms with Gasteiger partial charge >= 0.3 is 0 Å². The van der Waals surface area contributed by atoms with Gasteiger partial charge in [-0.1, -0.05) is 12.1 Å². The molecule has 0 saturated carbocycles. The summed E-state index contributed by atoms with van der Waals surface area (Å²) in [7, 11) is 0. The molecule has 1 aromatic heterocycles. The SMILES string of the molecule is N#Cc1ccc2c(ccn2Cc2ccc(N)cc2)c1. The molecule has 0 atom stereocenters. The van der Waals surface area contributed by atoms with E-state index < -0.39 is 0 Å². The van der Waals surface area contributed by atoms with Crippen molar-refractivity contribution >= 4 is 16.6 Å². The van der Waals surface area contributed by atoms with Gasteiger partial charge in [-0.05, 0) is 42.0 Å². The van der Waals surface area contributed by atoms with Crippen LogP contribution in [0.3, 0.4) is 0 Å². The van der Waals surface area contributed by atoms with E-state index in [0.717, 1.165) is 23.1 Å². The standard InChI is InChI=1S/C16H13N3/c17-10-13-3-6-16-14(9-13)7-8-19(16)11-12-1-4-15(18)5-2-12/h1-9H,11,18H2. The van der Waals surface area contributed by atoms with Crippen LogP contribution in [0.4, 0.5) is 5.69 Å². The number of anilines is 1. The number of benzene rings is 2. The van der Waals surface area contributed by atoms with E-state index in [1.807, 2.05) is 54.7 Å². The number of nitrogens with zero attached hydrogens (tertiary/aromatic N) is 2. The van der Waals surface area contributed by atoms with Gasteiger partial charge in [0.1, 0.15) is 0 Å². The van der Waals surface area contributed by atoms with Gasteiger partial charge in [-0.15, -0.1) is 0 Å². The van der Waals surface area contributed by atoms with E-state index in [-0.39, 0.29) is 0 Å². The first-order chi connectivity index (χ1) is 9.26. The lowest BCUT2D eigenvalue weighted by molar-refractivity contribution is 0.837. The fraction of sp³-hybridized carbons (Fsp3) is 0.0625. The maximum absolute atomic E-state index is 8.90. The van der Waals surface area contributed by atoms with E-state index in [9.17, 15) is 0 Å². The predicted octanol–water partition coefficient (Wildman–Crippen LogP) is 3.14. The second-order valence-corrected chi connectivity index (χ2v) is 4.57. The Morgan fingerprint density at radius 2 is 1.84 bits per heavy atom. The summed E-state index contributed by atoms with van der Waals surface area (Å²) in [5, 5.41) is 9.99. The van der Waals surface area contributed by atoms with Crippen molar-refractivity contribution in [3.8, 4) is 6.07 Å². The fourth-order valence-electron chi connectivity index (χ4n) is 2.23. The molecule has 0 fully saturated rings. The van der Waals surface area contributed by atoms with Crippen LogP contribution in [0.5, 0.6) is 0 Å². The zero-order chi connectivity index (χ0) is 13.2. The van der Waals surface area contributed by atoms with Crippen LogP contribution in [0, 0.1) is 11.3 Å². The number of hydrogen-bond donors (Lipinski definition) is 1. The summed E-state index contributed by atoms with van der Waals surface area (Å²) >= 11 is 0. The normalized spacial score (nSPS) is 10.5. The van der Waals surface area contributed by atoms with Gasteiger partial charge in [0.05, 0.1) is 11.6 Å². The third kappa shape index (κ3) is 2.16.